The fraction of sp³-hybridized carbons (Fsp3) is 0.176. The molecule has 5 nitrogen and oxygen atoms in total. The third-order valence-corrected chi connectivity index (χ3v) is 3.24. The number of urea groups is 1. The third kappa shape index (κ3) is 3.44. The molecule has 0 spiro atoms. The predicted molar refractivity (Wildman–Crippen MR) is 86.3 cm³/mol. The van der Waals surface area contributed by atoms with Crippen molar-refractivity contribution in [3.05, 3.63) is 60.7 Å². The van der Waals surface area contributed by atoms with Crippen molar-refractivity contribution in [3.8, 4) is 0 Å². The second kappa shape index (κ2) is 6.76. The molecule has 5 heteroatoms. The first-order chi connectivity index (χ1) is 10.8. The zero-order chi connectivity index (χ0) is 15.2. The molecule has 0 unspecified atom stereocenters. The summed E-state index contributed by atoms with van der Waals surface area (Å²) >= 11 is 0. The van der Waals surface area contributed by atoms with Gasteiger partial charge in [-0.05, 0) is 30.7 Å². The van der Waals surface area contributed by atoms with Gasteiger partial charge in [-0.25, -0.2) is 9.69 Å². The molecule has 0 radical (unpaired) electrons. The summed E-state index contributed by atoms with van der Waals surface area (Å²) in [6, 6.07) is 18.9. The maximum absolute atomic E-state index is 12.4. The first-order valence-corrected chi connectivity index (χ1v) is 7.23. The second-order valence-electron chi connectivity index (χ2n) is 4.88. The van der Waals surface area contributed by atoms with Crippen LogP contribution < -0.4 is 5.32 Å². The number of benzene rings is 2. The van der Waals surface area contributed by atoms with Gasteiger partial charge < -0.3 is 10.1 Å². The molecule has 2 amide bonds. The minimum atomic E-state index is -0.236. The number of amides is 2. The van der Waals surface area contributed by atoms with E-state index in [1.54, 1.807) is 0 Å². The fourth-order valence-corrected chi connectivity index (χ4v) is 2.17. The van der Waals surface area contributed by atoms with Crippen LogP contribution in [0.5, 0.6) is 0 Å². The minimum absolute atomic E-state index is 0.236. The van der Waals surface area contributed by atoms with Gasteiger partial charge in [0, 0.05) is 12.2 Å². The molecule has 0 aliphatic carbocycles. The van der Waals surface area contributed by atoms with E-state index < -0.39 is 0 Å². The van der Waals surface area contributed by atoms with E-state index in [-0.39, 0.29) is 6.03 Å². The van der Waals surface area contributed by atoms with Crippen LogP contribution in [0.1, 0.15) is 6.42 Å². The lowest BCUT2D eigenvalue weighted by atomic mass is 10.3. The van der Waals surface area contributed by atoms with Crippen LogP contribution in [0.15, 0.2) is 65.7 Å². The van der Waals surface area contributed by atoms with Crippen LogP contribution in [-0.4, -0.2) is 30.1 Å². The van der Waals surface area contributed by atoms with Crippen LogP contribution in [0.2, 0.25) is 0 Å². The van der Waals surface area contributed by atoms with E-state index >= 15 is 0 Å². The predicted octanol–water partition coefficient (Wildman–Crippen LogP) is 3.63. The number of carbonyl (C=O) groups excluding carboxylic acids is 1. The standard InChI is InChI=1S/C17H17N3O2/c21-16(18-14-8-3-1-4-9-14)20-12-7-13-22-17(20)19-15-10-5-2-6-11-15/h1-6,8-11H,7,12-13H2,(H,18,21). The summed E-state index contributed by atoms with van der Waals surface area (Å²) in [5.41, 5.74) is 1.51. The zero-order valence-corrected chi connectivity index (χ0v) is 12.1. The topological polar surface area (TPSA) is 53.9 Å². The highest BCUT2D eigenvalue weighted by molar-refractivity contribution is 6.01. The molecular formula is C17H17N3O2. The summed E-state index contributed by atoms with van der Waals surface area (Å²) in [6.45, 7) is 1.16. The van der Waals surface area contributed by atoms with Crippen molar-refractivity contribution in [2.75, 3.05) is 18.5 Å². The van der Waals surface area contributed by atoms with Crippen LogP contribution in [0, 0.1) is 0 Å². The first kappa shape index (κ1) is 14.1. The minimum Gasteiger partial charge on any atom is -0.464 e. The lowest BCUT2D eigenvalue weighted by molar-refractivity contribution is 0.177. The summed E-state index contributed by atoms with van der Waals surface area (Å²) in [7, 11) is 0. The molecule has 0 aromatic heterocycles. The number of para-hydroxylation sites is 2. The Balaban J connectivity index is 1.78. The molecule has 22 heavy (non-hydrogen) atoms. The van der Waals surface area contributed by atoms with Crippen molar-refractivity contribution in [1.29, 1.82) is 0 Å². The average Bonchev–Trinajstić information content (AvgIpc) is 2.57. The molecule has 2 aromatic rings. The molecule has 1 heterocycles. The number of hydrogen-bond acceptors (Lipinski definition) is 3. The lowest BCUT2D eigenvalue weighted by Crippen LogP contribution is -2.45. The van der Waals surface area contributed by atoms with E-state index in [2.05, 4.69) is 10.3 Å². The molecule has 3 rings (SSSR count). The maximum atomic E-state index is 12.4. The lowest BCUT2D eigenvalue weighted by Gasteiger charge is -2.28. The molecule has 0 bridgehead atoms. The van der Waals surface area contributed by atoms with Gasteiger partial charge in [-0.2, -0.15) is 4.99 Å². The number of aliphatic imine (C=N–C) groups is 1. The van der Waals surface area contributed by atoms with E-state index in [1.165, 1.54) is 4.90 Å². The third-order valence-electron chi connectivity index (χ3n) is 3.24. The normalized spacial score (nSPS) is 16.2. The van der Waals surface area contributed by atoms with Crippen molar-refractivity contribution in [2.45, 2.75) is 6.42 Å². The smallest absolute Gasteiger partial charge is 0.329 e. The van der Waals surface area contributed by atoms with E-state index in [4.69, 9.17) is 4.74 Å². The summed E-state index contributed by atoms with van der Waals surface area (Å²) in [4.78, 5) is 18.4. The highest BCUT2D eigenvalue weighted by atomic mass is 16.5. The molecule has 1 aliphatic heterocycles. The van der Waals surface area contributed by atoms with E-state index in [1.807, 2.05) is 60.7 Å². The maximum Gasteiger partial charge on any atom is 0.329 e. The SMILES string of the molecule is O=C(Nc1ccccc1)N1CCCOC1=Nc1ccccc1. The van der Waals surface area contributed by atoms with E-state index in [9.17, 15) is 4.79 Å². The number of carbonyl (C=O) groups is 1. The molecule has 1 fully saturated rings. The number of anilines is 1. The number of hydrogen-bond donors (Lipinski definition) is 1. The van der Waals surface area contributed by atoms with Gasteiger partial charge in [0.15, 0.2) is 0 Å². The largest absolute Gasteiger partial charge is 0.464 e. The number of amidine groups is 1. The average molecular weight is 295 g/mol. The highest BCUT2D eigenvalue weighted by Crippen LogP contribution is 2.16. The number of ether oxygens (including phenoxy) is 1. The Morgan fingerprint density at radius 1 is 1.05 bits per heavy atom. The quantitative estimate of drug-likeness (QED) is 0.919. The Labute approximate surface area is 129 Å². The van der Waals surface area contributed by atoms with Crippen LogP contribution in [0.4, 0.5) is 16.2 Å². The number of nitrogens with zero attached hydrogens (tertiary/aromatic N) is 2. The monoisotopic (exact) mass is 295 g/mol. The van der Waals surface area contributed by atoms with Crippen LogP contribution in [-0.2, 0) is 4.74 Å². The molecule has 112 valence electrons. The Morgan fingerprint density at radius 2 is 1.73 bits per heavy atom. The molecule has 0 atom stereocenters. The van der Waals surface area contributed by atoms with Gasteiger partial charge in [0.05, 0.1) is 12.3 Å². The van der Waals surface area contributed by atoms with Gasteiger partial charge in [0.2, 0.25) is 0 Å². The molecular weight excluding hydrogens is 278 g/mol. The zero-order valence-electron chi connectivity index (χ0n) is 12.1. The Hall–Kier alpha value is -2.82. The summed E-state index contributed by atoms with van der Waals surface area (Å²) in [5.74, 6) is 0. The van der Waals surface area contributed by atoms with Crippen LogP contribution in [0.3, 0.4) is 0 Å². The Kier molecular flexibility index (Phi) is 4.34. The van der Waals surface area contributed by atoms with E-state index in [0.29, 0.717) is 19.2 Å². The summed E-state index contributed by atoms with van der Waals surface area (Å²) < 4.78 is 5.57. The van der Waals surface area contributed by atoms with Crippen molar-refractivity contribution in [2.24, 2.45) is 4.99 Å². The summed E-state index contributed by atoms with van der Waals surface area (Å²) in [5, 5.41) is 2.85. The second-order valence-corrected chi connectivity index (χ2v) is 4.88. The fourth-order valence-electron chi connectivity index (χ4n) is 2.17. The summed E-state index contributed by atoms with van der Waals surface area (Å²) in [6.07, 6.45) is 0.788. The number of nitrogens with one attached hydrogen (secondary N) is 1. The van der Waals surface area contributed by atoms with Gasteiger partial charge in [-0.15, -0.1) is 0 Å². The Bertz CT molecular complexity index is 656. The van der Waals surface area contributed by atoms with Crippen LogP contribution in [0.25, 0.3) is 0 Å². The van der Waals surface area contributed by atoms with Gasteiger partial charge >= 0.3 is 12.1 Å². The van der Waals surface area contributed by atoms with E-state index in [0.717, 1.165) is 17.8 Å². The molecule has 1 N–H and O–H groups in total. The molecule has 1 saturated heterocycles. The van der Waals surface area contributed by atoms with Crippen molar-refractivity contribution in [1.82, 2.24) is 4.90 Å². The molecule has 2 aromatic carbocycles. The molecule has 1 aliphatic rings. The van der Waals surface area contributed by atoms with Crippen LogP contribution >= 0.6 is 0 Å². The highest BCUT2D eigenvalue weighted by Gasteiger charge is 2.24. The van der Waals surface area contributed by atoms with Crippen molar-refractivity contribution in [3.63, 3.8) is 0 Å². The van der Waals surface area contributed by atoms with Gasteiger partial charge in [0.1, 0.15) is 0 Å². The molecule has 0 saturated carbocycles. The van der Waals surface area contributed by atoms with Gasteiger partial charge in [-0.1, -0.05) is 36.4 Å². The first-order valence-electron chi connectivity index (χ1n) is 7.23. The Morgan fingerprint density at radius 3 is 2.45 bits per heavy atom. The number of rotatable bonds is 2. The van der Waals surface area contributed by atoms with Crippen molar-refractivity contribution >= 4 is 23.4 Å². The van der Waals surface area contributed by atoms with Crippen molar-refractivity contribution < 1.29 is 9.53 Å². The van der Waals surface area contributed by atoms with Gasteiger partial charge in [0.25, 0.3) is 0 Å². The van der Waals surface area contributed by atoms with Gasteiger partial charge in [-0.3, -0.25) is 0 Å².